The van der Waals surface area contributed by atoms with Crippen LogP contribution in [0.5, 0.6) is 0 Å². The quantitative estimate of drug-likeness (QED) is 0.226. The molecular weight excluding hydrogens is 490 g/mol. The van der Waals surface area contributed by atoms with Gasteiger partial charge in [-0.2, -0.15) is 0 Å². The molecule has 0 bridgehead atoms. The van der Waals surface area contributed by atoms with E-state index in [4.69, 9.17) is 44.5 Å². The van der Waals surface area contributed by atoms with Crippen LogP contribution < -0.4 is 15.9 Å². The molecule has 0 amide bonds. The van der Waals surface area contributed by atoms with Crippen LogP contribution in [0.2, 0.25) is 15.1 Å². The highest BCUT2D eigenvalue weighted by atomic mass is 35.5. The van der Waals surface area contributed by atoms with Gasteiger partial charge in [-0.25, -0.2) is 9.73 Å². The highest BCUT2D eigenvalue weighted by Crippen LogP contribution is 2.49. The zero-order chi connectivity index (χ0) is 22.8. The van der Waals surface area contributed by atoms with Gasteiger partial charge >= 0.3 is 0 Å². The van der Waals surface area contributed by atoms with Crippen molar-refractivity contribution in [2.75, 3.05) is 0 Å². The number of hydrogen-bond donors (Lipinski definition) is 0. The Morgan fingerprint density at radius 2 is 1.00 bits per heavy atom. The minimum absolute atomic E-state index is 0.471. The van der Waals surface area contributed by atoms with E-state index in [2.05, 4.69) is 36.4 Å². The normalized spacial score (nSPS) is 11.5. The second kappa shape index (κ2) is 9.33. The van der Waals surface area contributed by atoms with Gasteiger partial charge in [-0.05, 0) is 12.1 Å². The van der Waals surface area contributed by atoms with Crippen molar-refractivity contribution in [3.63, 3.8) is 0 Å². The lowest BCUT2D eigenvalue weighted by Crippen LogP contribution is -2.25. The van der Waals surface area contributed by atoms with E-state index in [-0.39, 0.29) is 0 Å². The van der Waals surface area contributed by atoms with Gasteiger partial charge in [0, 0.05) is 27.4 Å². The van der Waals surface area contributed by atoms with Gasteiger partial charge in [0.2, 0.25) is 0 Å². The van der Waals surface area contributed by atoms with Crippen molar-refractivity contribution in [1.29, 1.82) is 0 Å². The maximum atomic E-state index is 6.68. The van der Waals surface area contributed by atoms with Gasteiger partial charge in [0.1, 0.15) is 0 Å². The molecule has 0 aliphatic heterocycles. The van der Waals surface area contributed by atoms with Gasteiger partial charge in [0.05, 0.1) is 27.6 Å². The molecule has 0 saturated carbocycles. The molecule has 0 atom stereocenters. The fourth-order valence-corrected chi connectivity index (χ4v) is 8.22. The average Bonchev–Trinajstić information content (AvgIpc) is 2.86. The van der Waals surface area contributed by atoms with E-state index in [0.29, 0.717) is 31.8 Å². The molecule has 6 heteroatoms. The second-order valence-corrected chi connectivity index (χ2v) is 11.7. The molecule has 2 nitrogen and oxygen atoms in total. The first-order valence-electron chi connectivity index (χ1n) is 10.3. The highest BCUT2D eigenvalue weighted by Gasteiger charge is 2.28. The topological polar surface area (TPSA) is 25.2 Å². The fraction of sp³-hybridized carbons (Fsp3) is 0. The Bertz CT molecular complexity index is 1390. The third kappa shape index (κ3) is 4.09. The van der Waals surface area contributed by atoms with Gasteiger partial charge < -0.3 is 0 Å². The van der Waals surface area contributed by atoms with Crippen LogP contribution in [-0.4, -0.2) is 4.98 Å². The number of halogens is 3. The monoisotopic (exact) mass is 506 g/mol. The Morgan fingerprint density at radius 1 is 0.545 bits per heavy atom. The summed E-state index contributed by atoms with van der Waals surface area (Å²) in [5.41, 5.74) is 0.544. The van der Waals surface area contributed by atoms with Crippen molar-refractivity contribution in [2.45, 2.75) is 0 Å². The molecule has 0 spiro atoms. The standard InChI is InChI=1S/C27H18Cl3N2P/c28-22-16-17-23(29)27-26(22)24(30)18-25(31-27)32-33(19-10-4-1-5-11-19,20-12-6-2-7-13-20)21-14-8-3-9-15-21/h1-18H. The second-order valence-electron chi connectivity index (χ2n) is 7.46. The van der Waals surface area contributed by atoms with Gasteiger partial charge in [-0.3, -0.25) is 0 Å². The maximum absolute atomic E-state index is 6.68. The Kier molecular flexibility index (Phi) is 6.27. The zero-order valence-corrected chi connectivity index (χ0v) is 20.5. The number of hydrogen-bond acceptors (Lipinski definition) is 2. The summed E-state index contributed by atoms with van der Waals surface area (Å²) in [7, 11) is -2.47. The van der Waals surface area contributed by atoms with E-state index < -0.39 is 7.05 Å². The summed E-state index contributed by atoms with van der Waals surface area (Å²) in [5.74, 6) is 0.515. The van der Waals surface area contributed by atoms with Crippen LogP contribution in [0.1, 0.15) is 0 Å². The summed E-state index contributed by atoms with van der Waals surface area (Å²) in [6.07, 6.45) is 0. The Hall–Kier alpha value is -2.61. The SMILES string of the molecule is Clc1ccc(Cl)c2c(Cl)cc(N=P(c3ccccc3)(c3ccccc3)c3ccccc3)nc12. The Morgan fingerprint density at radius 3 is 1.48 bits per heavy atom. The molecule has 0 N–H and O–H groups in total. The van der Waals surface area contributed by atoms with Crippen LogP contribution in [0.15, 0.2) is 114 Å². The molecule has 0 radical (unpaired) electrons. The van der Waals surface area contributed by atoms with Crippen molar-refractivity contribution < 1.29 is 0 Å². The van der Waals surface area contributed by atoms with Crippen molar-refractivity contribution >= 4 is 74.5 Å². The first-order chi connectivity index (χ1) is 16.1. The van der Waals surface area contributed by atoms with E-state index >= 15 is 0 Å². The Labute approximate surface area is 207 Å². The number of benzene rings is 4. The maximum Gasteiger partial charge on any atom is 0.153 e. The number of pyridine rings is 1. The molecule has 0 saturated heterocycles. The predicted molar refractivity (Wildman–Crippen MR) is 144 cm³/mol. The third-order valence-electron chi connectivity index (χ3n) is 5.44. The molecular formula is C27H18Cl3N2P. The molecule has 0 aliphatic carbocycles. The van der Waals surface area contributed by atoms with E-state index in [1.807, 2.05) is 54.6 Å². The molecule has 0 fully saturated rings. The van der Waals surface area contributed by atoms with Crippen LogP contribution >= 0.6 is 41.9 Å². The highest BCUT2D eigenvalue weighted by molar-refractivity contribution is 7.87. The summed E-state index contributed by atoms with van der Waals surface area (Å²) in [5, 5.41) is 5.46. The molecule has 5 aromatic rings. The van der Waals surface area contributed by atoms with Crippen molar-refractivity contribution in [1.82, 2.24) is 4.98 Å². The molecule has 1 aromatic heterocycles. The van der Waals surface area contributed by atoms with Crippen molar-refractivity contribution in [3.8, 4) is 0 Å². The molecule has 162 valence electrons. The van der Waals surface area contributed by atoms with Gasteiger partial charge in [-0.1, -0.05) is 126 Å². The van der Waals surface area contributed by atoms with E-state index in [1.165, 1.54) is 0 Å². The first-order valence-corrected chi connectivity index (χ1v) is 13.2. The summed E-state index contributed by atoms with van der Waals surface area (Å²) in [6, 6.07) is 36.3. The fourth-order valence-electron chi connectivity index (χ4n) is 3.97. The zero-order valence-electron chi connectivity index (χ0n) is 17.4. The molecule has 5 rings (SSSR count). The number of rotatable bonds is 4. The van der Waals surface area contributed by atoms with Gasteiger partial charge in [0.15, 0.2) is 5.82 Å². The summed E-state index contributed by atoms with van der Waals surface area (Å²) >= 11 is 19.6. The first kappa shape index (κ1) is 22.2. The van der Waals surface area contributed by atoms with E-state index in [1.54, 1.807) is 18.2 Å². The lowest BCUT2D eigenvalue weighted by Gasteiger charge is -2.26. The van der Waals surface area contributed by atoms with Crippen LogP contribution in [0.4, 0.5) is 5.82 Å². The van der Waals surface area contributed by atoms with Gasteiger partial charge in [0.25, 0.3) is 0 Å². The van der Waals surface area contributed by atoms with Crippen LogP contribution in [0, 0.1) is 0 Å². The number of aromatic nitrogens is 1. The lowest BCUT2D eigenvalue weighted by molar-refractivity contribution is 1.35. The largest absolute Gasteiger partial charge is 0.234 e. The molecule has 0 aliphatic rings. The average molecular weight is 508 g/mol. The van der Waals surface area contributed by atoms with Gasteiger partial charge in [-0.15, -0.1) is 0 Å². The van der Waals surface area contributed by atoms with Crippen LogP contribution in [0.25, 0.3) is 10.9 Å². The summed E-state index contributed by atoms with van der Waals surface area (Å²) in [6.45, 7) is 0. The third-order valence-corrected chi connectivity index (χ3v) is 10.0. The summed E-state index contributed by atoms with van der Waals surface area (Å²) in [4.78, 5) is 4.82. The lowest BCUT2D eigenvalue weighted by atomic mass is 10.2. The molecule has 0 unspecified atom stereocenters. The minimum Gasteiger partial charge on any atom is -0.234 e. The predicted octanol–water partition coefficient (Wildman–Crippen LogP) is 8.00. The van der Waals surface area contributed by atoms with Crippen LogP contribution in [-0.2, 0) is 0 Å². The molecule has 1 heterocycles. The molecule has 33 heavy (non-hydrogen) atoms. The van der Waals surface area contributed by atoms with Crippen LogP contribution in [0.3, 0.4) is 0 Å². The minimum atomic E-state index is -2.47. The number of fused-ring (bicyclic) bond motifs is 1. The molecule has 4 aromatic carbocycles. The summed E-state index contributed by atoms with van der Waals surface area (Å²) < 4.78 is 5.40. The smallest absolute Gasteiger partial charge is 0.153 e. The Balaban J connectivity index is 1.93. The van der Waals surface area contributed by atoms with Crippen molar-refractivity contribution in [2.24, 2.45) is 4.74 Å². The number of nitrogens with zero attached hydrogens (tertiary/aromatic N) is 2. The van der Waals surface area contributed by atoms with E-state index in [0.717, 1.165) is 15.9 Å². The van der Waals surface area contributed by atoms with E-state index in [9.17, 15) is 0 Å². The van der Waals surface area contributed by atoms with Crippen molar-refractivity contribution in [3.05, 3.63) is 124 Å².